The zero-order valence-corrected chi connectivity index (χ0v) is 21.8. The fraction of sp³-hybridized carbons (Fsp3) is 0.593. The molecule has 35 heavy (non-hydrogen) atoms. The van der Waals surface area contributed by atoms with Crippen molar-refractivity contribution in [2.24, 2.45) is 5.41 Å². The van der Waals surface area contributed by atoms with Gasteiger partial charge in [0.2, 0.25) is 0 Å². The lowest BCUT2D eigenvalue weighted by Gasteiger charge is -2.43. The van der Waals surface area contributed by atoms with Gasteiger partial charge in [0.05, 0.1) is 18.4 Å². The van der Waals surface area contributed by atoms with Crippen molar-refractivity contribution in [3.63, 3.8) is 0 Å². The van der Waals surface area contributed by atoms with Gasteiger partial charge in [-0.05, 0) is 64.0 Å². The highest BCUT2D eigenvalue weighted by molar-refractivity contribution is 7.99. The molecule has 3 aliphatic rings. The van der Waals surface area contributed by atoms with Crippen LogP contribution in [0.25, 0.3) is 0 Å². The fourth-order valence-corrected chi connectivity index (χ4v) is 6.59. The van der Waals surface area contributed by atoms with E-state index in [4.69, 9.17) is 19.4 Å². The SMILES string of the molecule is CC(C)(C)OC(=O)N[C@@H]1c2ccccc2CC12CCN(c1cnc(SC3CCOCC3)cn1)CC2. The van der Waals surface area contributed by atoms with Crippen molar-refractivity contribution in [3.8, 4) is 0 Å². The van der Waals surface area contributed by atoms with Crippen LogP contribution in [0, 0.1) is 5.41 Å². The lowest BCUT2D eigenvalue weighted by molar-refractivity contribution is 0.0428. The third-order valence-corrected chi connectivity index (χ3v) is 8.59. The Labute approximate surface area is 212 Å². The number of amides is 1. The molecule has 2 aliphatic heterocycles. The molecule has 1 atom stereocenters. The summed E-state index contributed by atoms with van der Waals surface area (Å²) in [7, 11) is 0. The number of carbonyl (C=O) groups is 1. The first-order chi connectivity index (χ1) is 16.8. The predicted octanol–water partition coefficient (Wildman–Crippen LogP) is 5.16. The lowest BCUT2D eigenvalue weighted by Crippen LogP contribution is -2.47. The van der Waals surface area contributed by atoms with Gasteiger partial charge in [-0.25, -0.2) is 14.8 Å². The second-order valence-corrected chi connectivity index (χ2v) is 12.3. The predicted molar refractivity (Wildman–Crippen MR) is 138 cm³/mol. The van der Waals surface area contributed by atoms with Crippen LogP contribution in [0.3, 0.4) is 0 Å². The molecular weight excluding hydrogens is 460 g/mol. The molecule has 5 rings (SSSR count). The number of anilines is 1. The maximum Gasteiger partial charge on any atom is 0.408 e. The minimum Gasteiger partial charge on any atom is -0.444 e. The highest BCUT2D eigenvalue weighted by atomic mass is 32.2. The maximum absolute atomic E-state index is 12.7. The Bertz CT molecular complexity index is 1030. The third-order valence-electron chi connectivity index (χ3n) is 7.34. The Kier molecular flexibility index (Phi) is 6.95. The van der Waals surface area contributed by atoms with E-state index < -0.39 is 5.60 Å². The van der Waals surface area contributed by atoms with E-state index in [2.05, 4.69) is 34.5 Å². The van der Waals surface area contributed by atoms with E-state index in [0.717, 1.165) is 69.3 Å². The highest BCUT2D eigenvalue weighted by Crippen LogP contribution is 2.52. The van der Waals surface area contributed by atoms with Crippen LogP contribution in [-0.2, 0) is 15.9 Å². The first kappa shape index (κ1) is 24.4. The molecule has 0 unspecified atom stereocenters. The van der Waals surface area contributed by atoms with Gasteiger partial charge in [0, 0.05) is 37.0 Å². The molecule has 2 aromatic rings. The molecule has 3 heterocycles. The number of fused-ring (bicyclic) bond motifs is 1. The smallest absolute Gasteiger partial charge is 0.408 e. The molecule has 1 aliphatic carbocycles. The largest absolute Gasteiger partial charge is 0.444 e. The summed E-state index contributed by atoms with van der Waals surface area (Å²) in [6, 6.07) is 8.46. The second-order valence-electron chi connectivity index (χ2n) is 10.9. The Balaban J connectivity index is 1.25. The van der Waals surface area contributed by atoms with Crippen molar-refractivity contribution in [1.82, 2.24) is 15.3 Å². The van der Waals surface area contributed by atoms with Gasteiger partial charge in [-0.15, -0.1) is 11.8 Å². The average molecular weight is 497 g/mol. The Morgan fingerprint density at radius 1 is 1.14 bits per heavy atom. The van der Waals surface area contributed by atoms with Crippen LogP contribution >= 0.6 is 11.8 Å². The molecule has 2 saturated heterocycles. The molecule has 1 amide bonds. The van der Waals surface area contributed by atoms with Crippen molar-refractivity contribution in [3.05, 3.63) is 47.8 Å². The van der Waals surface area contributed by atoms with Crippen LogP contribution in [0.1, 0.15) is 63.6 Å². The molecule has 0 bridgehead atoms. The van der Waals surface area contributed by atoms with E-state index in [0.29, 0.717) is 5.25 Å². The van der Waals surface area contributed by atoms with E-state index in [1.54, 1.807) is 0 Å². The van der Waals surface area contributed by atoms with Crippen LogP contribution in [0.2, 0.25) is 0 Å². The molecular formula is C27H36N4O3S. The van der Waals surface area contributed by atoms with Gasteiger partial charge in [-0.3, -0.25) is 0 Å². The summed E-state index contributed by atoms with van der Waals surface area (Å²) in [6.45, 7) is 9.16. The zero-order chi connectivity index (χ0) is 24.5. The van der Waals surface area contributed by atoms with Gasteiger partial charge >= 0.3 is 6.09 Å². The number of rotatable bonds is 4. The van der Waals surface area contributed by atoms with Crippen molar-refractivity contribution in [2.75, 3.05) is 31.2 Å². The monoisotopic (exact) mass is 496 g/mol. The molecule has 0 radical (unpaired) electrons. The van der Waals surface area contributed by atoms with E-state index in [1.807, 2.05) is 44.9 Å². The number of hydrogen-bond donors (Lipinski definition) is 1. The van der Waals surface area contributed by atoms with E-state index in [9.17, 15) is 4.79 Å². The van der Waals surface area contributed by atoms with Crippen LogP contribution < -0.4 is 10.2 Å². The van der Waals surface area contributed by atoms with Crippen LogP contribution in [-0.4, -0.2) is 53.2 Å². The van der Waals surface area contributed by atoms with Crippen molar-refractivity contribution in [2.45, 2.75) is 74.8 Å². The minimum absolute atomic E-state index is 0.0106. The highest BCUT2D eigenvalue weighted by Gasteiger charge is 2.48. The summed E-state index contributed by atoms with van der Waals surface area (Å²) < 4.78 is 11.1. The van der Waals surface area contributed by atoms with Gasteiger partial charge < -0.3 is 19.7 Å². The van der Waals surface area contributed by atoms with Gasteiger partial charge in [0.1, 0.15) is 16.4 Å². The summed E-state index contributed by atoms with van der Waals surface area (Å²) in [5.74, 6) is 0.934. The number of benzene rings is 1. The normalized spacial score (nSPS) is 22.1. The van der Waals surface area contributed by atoms with Crippen LogP contribution in [0.4, 0.5) is 10.6 Å². The summed E-state index contributed by atoms with van der Waals surface area (Å²) in [6.07, 6.45) is 8.56. The molecule has 7 nitrogen and oxygen atoms in total. The lowest BCUT2D eigenvalue weighted by atomic mass is 9.72. The molecule has 188 valence electrons. The van der Waals surface area contributed by atoms with Crippen LogP contribution in [0.15, 0.2) is 41.7 Å². The molecule has 1 N–H and O–H groups in total. The Hall–Kier alpha value is -2.32. The first-order valence-electron chi connectivity index (χ1n) is 12.7. The molecule has 1 aromatic heterocycles. The number of ether oxygens (including phenoxy) is 2. The van der Waals surface area contributed by atoms with Gasteiger partial charge in [-0.1, -0.05) is 24.3 Å². The summed E-state index contributed by atoms with van der Waals surface area (Å²) in [5, 5.41) is 4.79. The Morgan fingerprint density at radius 2 is 1.89 bits per heavy atom. The number of nitrogens with one attached hydrogen (secondary N) is 1. The fourth-order valence-electron chi connectivity index (χ4n) is 5.59. The standard InChI is InChI=1S/C27H36N4O3S/c1-26(2,3)34-25(32)30-24-21-7-5-4-6-19(21)16-27(24)10-12-31(13-11-27)22-17-29-23(18-28-22)35-20-8-14-33-15-9-20/h4-7,17-18,20,24H,8-16H2,1-3H3,(H,30,32)/t24-/m1/s1. The number of aromatic nitrogens is 2. The molecule has 8 heteroatoms. The van der Waals surface area contributed by atoms with Crippen molar-refractivity contribution in [1.29, 1.82) is 0 Å². The number of alkyl carbamates (subject to hydrolysis) is 1. The van der Waals surface area contributed by atoms with Gasteiger partial charge in [0.25, 0.3) is 0 Å². The average Bonchev–Trinajstić information content (AvgIpc) is 3.12. The van der Waals surface area contributed by atoms with Crippen molar-refractivity contribution >= 4 is 23.7 Å². The maximum atomic E-state index is 12.7. The quantitative estimate of drug-likeness (QED) is 0.627. The minimum atomic E-state index is -0.521. The number of thioether (sulfide) groups is 1. The molecule has 0 saturated carbocycles. The summed E-state index contributed by atoms with van der Waals surface area (Å²) >= 11 is 1.81. The van der Waals surface area contributed by atoms with Gasteiger partial charge in [-0.2, -0.15) is 0 Å². The summed E-state index contributed by atoms with van der Waals surface area (Å²) in [5.41, 5.74) is 2.02. The van der Waals surface area contributed by atoms with E-state index >= 15 is 0 Å². The number of piperidine rings is 1. The van der Waals surface area contributed by atoms with E-state index in [-0.39, 0.29) is 17.6 Å². The Morgan fingerprint density at radius 3 is 2.57 bits per heavy atom. The molecule has 2 fully saturated rings. The summed E-state index contributed by atoms with van der Waals surface area (Å²) in [4.78, 5) is 24.5. The zero-order valence-electron chi connectivity index (χ0n) is 21.0. The van der Waals surface area contributed by atoms with Crippen LogP contribution in [0.5, 0.6) is 0 Å². The van der Waals surface area contributed by atoms with Gasteiger partial charge in [0.15, 0.2) is 0 Å². The molecule has 1 spiro atoms. The second kappa shape index (κ2) is 9.97. The third kappa shape index (κ3) is 5.59. The number of nitrogens with zero attached hydrogens (tertiary/aromatic N) is 3. The van der Waals surface area contributed by atoms with Crippen molar-refractivity contribution < 1.29 is 14.3 Å². The first-order valence-corrected chi connectivity index (χ1v) is 13.6. The molecule has 1 aromatic carbocycles. The number of carbonyl (C=O) groups excluding carboxylic acids is 1. The topological polar surface area (TPSA) is 76.6 Å². The number of hydrogen-bond acceptors (Lipinski definition) is 7. The van der Waals surface area contributed by atoms with E-state index in [1.165, 1.54) is 11.1 Å².